The summed E-state index contributed by atoms with van der Waals surface area (Å²) < 4.78 is 10.9. The van der Waals surface area contributed by atoms with Gasteiger partial charge in [0, 0.05) is 32.6 Å². The number of aromatic amines is 1. The van der Waals surface area contributed by atoms with Gasteiger partial charge >= 0.3 is 6.09 Å². The highest BCUT2D eigenvalue weighted by Gasteiger charge is 2.37. The Balaban J connectivity index is 1.89. The first-order valence-corrected chi connectivity index (χ1v) is 7.25. The van der Waals surface area contributed by atoms with Crippen molar-refractivity contribution in [1.82, 2.24) is 15.2 Å². The Bertz CT molecular complexity index is 453. The third-order valence-electron chi connectivity index (χ3n) is 3.45. The second kappa shape index (κ2) is 6.49. The third kappa shape index (κ3) is 4.47. The Morgan fingerprint density at radius 3 is 2.81 bits per heavy atom. The average Bonchev–Trinajstić information content (AvgIpc) is 3.03. The summed E-state index contributed by atoms with van der Waals surface area (Å²) in [6.07, 6.45) is 3.55. The SMILES string of the molecule is CO[C@H]1CN(C(=O)OC(C)(C)C)CC1NCc1cc[nH]c1. The highest BCUT2D eigenvalue weighted by Crippen LogP contribution is 2.18. The molecule has 1 saturated heterocycles. The van der Waals surface area contributed by atoms with Crippen molar-refractivity contribution >= 4 is 6.09 Å². The number of hydrogen-bond donors (Lipinski definition) is 2. The van der Waals surface area contributed by atoms with Crippen molar-refractivity contribution in [3.63, 3.8) is 0 Å². The van der Waals surface area contributed by atoms with Crippen LogP contribution in [0.4, 0.5) is 4.79 Å². The Morgan fingerprint density at radius 2 is 2.24 bits per heavy atom. The van der Waals surface area contributed by atoms with E-state index in [1.165, 1.54) is 5.56 Å². The molecule has 0 spiro atoms. The fourth-order valence-electron chi connectivity index (χ4n) is 2.40. The molecule has 2 rings (SSSR count). The molecule has 1 fully saturated rings. The minimum Gasteiger partial charge on any atom is -0.444 e. The smallest absolute Gasteiger partial charge is 0.410 e. The number of carbonyl (C=O) groups is 1. The molecule has 1 aromatic heterocycles. The molecular formula is C15H25N3O3. The van der Waals surface area contributed by atoms with Crippen LogP contribution in [0.15, 0.2) is 18.5 Å². The Morgan fingerprint density at radius 1 is 1.48 bits per heavy atom. The Kier molecular flexibility index (Phi) is 4.90. The molecule has 2 atom stereocenters. The van der Waals surface area contributed by atoms with Crippen LogP contribution in [0.25, 0.3) is 0 Å². The van der Waals surface area contributed by atoms with E-state index in [9.17, 15) is 4.79 Å². The first-order valence-electron chi connectivity index (χ1n) is 7.25. The predicted molar refractivity (Wildman–Crippen MR) is 80.0 cm³/mol. The summed E-state index contributed by atoms with van der Waals surface area (Å²) in [5.74, 6) is 0. The number of methoxy groups -OCH3 is 1. The quantitative estimate of drug-likeness (QED) is 0.888. The Hall–Kier alpha value is -1.53. The van der Waals surface area contributed by atoms with Gasteiger partial charge in [-0.1, -0.05) is 0 Å². The third-order valence-corrected chi connectivity index (χ3v) is 3.45. The van der Waals surface area contributed by atoms with Gasteiger partial charge in [0.1, 0.15) is 5.60 Å². The maximum atomic E-state index is 12.1. The Labute approximate surface area is 125 Å². The normalized spacial score (nSPS) is 22.6. The molecule has 6 nitrogen and oxygen atoms in total. The van der Waals surface area contributed by atoms with Gasteiger partial charge in [0.25, 0.3) is 0 Å². The summed E-state index contributed by atoms with van der Waals surface area (Å²) in [6, 6.07) is 2.13. The van der Waals surface area contributed by atoms with Gasteiger partial charge in [0.2, 0.25) is 0 Å². The molecule has 0 aliphatic carbocycles. The van der Waals surface area contributed by atoms with Gasteiger partial charge in [-0.3, -0.25) is 0 Å². The van der Waals surface area contributed by atoms with Gasteiger partial charge in [0.15, 0.2) is 0 Å². The molecule has 118 valence electrons. The fraction of sp³-hybridized carbons (Fsp3) is 0.667. The highest BCUT2D eigenvalue weighted by atomic mass is 16.6. The molecular weight excluding hydrogens is 270 g/mol. The molecule has 21 heavy (non-hydrogen) atoms. The second-order valence-electron chi connectivity index (χ2n) is 6.37. The van der Waals surface area contributed by atoms with E-state index in [-0.39, 0.29) is 18.2 Å². The minimum atomic E-state index is -0.476. The van der Waals surface area contributed by atoms with Gasteiger partial charge in [-0.25, -0.2) is 4.79 Å². The molecule has 2 N–H and O–H groups in total. The van der Waals surface area contributed by atoms with Gasteiger partial charge in [-0.05, 0) is 32.4 Å². The van der Waals surface area contributed by atoms with Crippen molar-refractivity contribution in [2.45, 2.75) is 45.1 Å². The van der Waals surface area contributed by atoms with Crippen LogP contribution in [0.3, 0.4) is 0 Å². The molecule has 0 bridgehead atoms. The standard InChI is InChI=1S/C15H25N3O3/c1-15(2,3)21-14(19)18-9-12(13(10-18)20-4)17-8-11-5-6-16-7-11/h5-7,12-13,16-17H,8-10H2,1-4H3/t12?,13-/m0/s1. The molecule has 1 aromatic rings. The average molecular weight is 295 g/mol. The zero-order valence-electron chi connectivity index (χ0n) is 13.2. The molecule has 1 aliphatic heterocycles. The van der Waals surface area contributed by atoms with E-state index in [4.69, 9.17) is 9.47 Å². The lowest BCUT2D eigenvalue weighted by Gasteiger charge is -2.24. The summed E-state index contributed by atoms with van der Waals surface area (Å²) in [5.41, 5.74) is 0.705. The number of aromatic nitrogens is 1. The lowest BCUT2D eigenvalue weighted by atomic mass is 10.2. The van der Waals surface area contributed by atoms with E-state index >= 15 is 0 Å². The summed E-state index contributed by atoms with van der Waals surface area (Å²) >= 11 is 0. The molecule has 0 aromatic carbocycles. The van der Waals surface area contributed by atoms with E-state index in [0.717, 1.165) is 6.54 Å². The largest absolute Gasteiger partial charge is 0.444 e. The van der Waals surface area contributed by atoms with E-state index in [1.54, 1.807) is 12.0 Å². The lowest BCUT2D eigenvalue weighted by molar-refractivity contribution is 0.0252. The monoisotopic (exact) mass is 295 g/mol. The van der Waals surface area contributed by atoms with Crippen LogP contribution in [0.5, 0.6) is 0 Å². The molecule has 2 heterocycles. The predicted octanol–water partition coefficient (Wildman–Crippen LogP) is 1.74. The first kappa shape index (κ1) is 15.9. The van der Waals surface area contributed by atoms with Gasteiger partial charge < -0.3 is 24.7 Å². The molecule has 1 unspecified atom stereocenters. The maximum absolute atomic E-state index is 12.1. The molecule has 1 amide bonds. The van der Waals surface area contributed by atoms with Gasteiger partial charge in [0.05, 0.1) is 18.7 Å². The zero-order valence-corrected chi connectivity index (χ0v) is 13.2. The van der Waals surface area contributed by atoms with Crippen LogP contribution < -0.4 is 5.32 Å². The topological polar surface area (TPSA) is 66.6 Å². The van der Waals surface area contributed by atoms with E-state index in [1.807, 2.05) is 39.2 Å². The number of ether oxygens (including phenoxy) is 2. The number of H-pyrrole nitrogens is 1. The fourth-order valence-corrected chi connectivity index (χ4v) is 2.40. The number of hydrogen-bond acceptors (Lipinski definition) is 4. The van der Waals surface area contributed by atoms with Crippen LogP contribution in [0.1, 0.15) is 26.3 Å². The van der Waals surface area contributed by atoms with Crippen LogP contribution >= 0.6 is 0 Å². The summed E-state index contributed by atoms with van der Waals surface area (Å²) in [5, 5.41) is 3.44. The lowest BCUT2D eigenvalue weighted by Crippen LogP contribution is -2.40. The molecule has 6 heteroatoms. The van der Waals surface area contributed by atoms with Gasteiger partial charge in [-0.15, -0.1) is 0 Å². The summed E-state index contributed by atoms with van der Waals surface area (Å²) in [4.78, 5) is 16.8. The van der Waals surface area contributed by atoms with E-state index in [0.29, 0.717) is 13.1 Å². The maximum Gasteiger partial charge on any atom is 0.410 e. The number of rotatable bonds is 4. The van der Waals surface area contributed by atoms with E-state index < -0.39 is 5.60 Å². The van der Waals surface area contributed by atoms with Crippen molar-refractivity contribution < 1.29 is 14.3 Å². The first-order chi connectivity index (χ1) is 9.89. The molecule has 0 radical (unpaired) electrons. The van der Waals surface area contributed by atoms with Crippen molar-refractivity contribution in [2.75, 3.05) is 20.2 Å². The van der Waals surface area contributed by atoms with Crippen molar-refractivity contribution in [3.8, 4) is 0 Å². The molecule has 0 saturated carbocycles. The van der Waals surface area contributed by atoms with Crippen molar-refractivity contribution in [3.05, 3.63) is 24.0 Å². The number of amides is 1. The zero-order chi connectivity index (χ0) is 15.5. The molecule has 1 aliphatic rings. The van der Waals surface area contributed by atoms with Crippen molar-refractivity contribution in [2.24, 2.45) is 0 Å². The van der Waals surface area contributed by atoms with Crippen LogP contribution in [-0.2, 0) is 16.0 Å². The number of nitrogens with zero attached hydrogens (tertiary/aromatic N) is 1. The van der Waals surface area contributed by atoms with Gasteiger partial charge in [-0.2, -0.15) is 0 Å². The minimum absolute atomic E-state index is 0.0172. The van der Waals surface area contributed by atoms with Crippen LogP contribution in [0.2, 0.25) is 0 Å². The number of likely N-dealkylation sites (tertiary alicyclic amines) is 1. The summed E-state index contributed by atoms with van der Waals surface area (Å²) in [6.45, 7) is 7.51. The summed E-state index contributed by atoms with van der Waals surface area (Å²) in [7, 11) is 1.67. The van der Waals surface area contributed by atoms with Crippen LogP contribution in [-0.4, -0.2) is 53.9 Å². The number of nitrogens with one attached hydrogen (secondary N) is 2. The van der Waals surface area contributed by atoms with E-state index in [2.05, 4.69) is 10.3 Å². The highest BCUT2D eigenvalue weighted by molar-refractivity contribution is 5.68. The van der Waals surface area contributed by atoms with Crippen LogP contribution in [0, 0.1) is 0 Å². The second-order valence-corrected chi connectivity index (χ2v) is 6.37. The number of carbonyl (C=O) groups excluding carboxylic acids is 1. The van der Waals surface area contributed by atoms with Crippen molar-refractivity contribution in [1.29, 1.82) is 0 Å².